The highest BCUT2D eigenvalue weighted by Gasteiger charge is 2.32. The van der Waals surface area contributed by atoms with Gasteiger partial charge in [0.25, 0.3) is 0 Å². The maximum Gasteiger partial charge on any atom is 0.229 e. The van der Waals surface area contributed by atoms with Crippen molar-refractivity contribution in [2.45, 2.75) is 12.5 Å². The number of nitrogens with zero attached hydrogens (tertiary/aromatic N) is 3. The molecule has 2 aromatic carbocycles. The first-order valence-corrected chi connectivity index (χ1v) is 8.26. The van der Waals surface area contributed by atoms with E-state index in [1.54, 1.807) is 18.1 Å². The highest BCUT2D eigenvalue weighted by molar-refractivity contribution is 5.98. The molecular weight excluding hydrogens is 335 g/mol. The molecule has 132 valence electrons. The summed E-state index contributed by atoms with van der Waals surface area (Å²) in [7, 11) is 1.58. The van der Waals surface area contributed by atoms with E-state index in [1.165, 1.54) is 18.5 Å². The molecule has 0 spiro atoms. The van der Waals surface area contributed by atoms with Crippen LogP contribution in [0.15, 0.2) is 48.8 Å². The molecule has 0 bridgehead atoms. The molecule has 6 nitrogen and oxygen atoms in total. The number of hydrogen-bond acceptors (Lipinski definition) is 5. The largest absolute Gasteiger partial charge is 0.495 e. The number of nitrogens with one attached hydrogen (secondary N) is 1. The number of carbonyl (C=O) groups is 1. The molecule has 4 rings (SSSR count). The fourth-order valence-electron chi connectivity index (χ4n) is 3.23. The van der Waals surface area contributed by atoms with E-state index in [9.17, 15) is 9.18 Å². The minimum absolute atomic E-state index is 0.0106. The summed E-state index contributed by atoms with van der Waals surface area (Å²) in [4.78, 5) is 22.6. The Kier molecular flexibility index (Phi) is 4.12. The maximum atomic E-state index is 13.4. The Morgan fingerprint density at radius 2 is 2.08 bits per heavy atom. The summed E-state index contributed by atoms with van der Waals surface area (Å²) < 4.78 is 18.7. The van der Waals surface area contributed by atoms with Crippen molar-refractivity contribution in [2.24, 2.45) is 0 Å². The molecule has 1 N–H and O–H groups in total. The van der Waals surface area contributed by atoms with Gasteiger partial charge >= 0.3 is 0 Å². The van der Waals surface area contributed by atoms with Crippen LogP contribution in [0.4, 0.5) is 15.9 Å². The van der Waals surface area contributed by atoms with Gasteiger partial charge < -0.3 is 15.0 Å². The zero-order valence-corrected chi connectivity index (χ0v) is 14.1. The zero-order chi connectivity index (χ0) is 18.1. The number of methoxy groups -OCH3 is 1. The van der Waals surface area contributed by atoms with Crippen molar-refractivity contribution in [1.29, 1.82) is 0 Å². The van der Waals surface area contributed by atoms with Gasteiger partial charge in [-0.05, 0) is 24.3 Å². The van der Waals surface area contributed by atoms with E-state index in [1.807, 2.05) is 24.3 Å². The van der Waals surface area contributed by atoms with E-state index in [-0.39, 0.29) is 17.8 Å². The molecule has 2 heterocycles. The topological polar surface area (TPSA) is 67.3 Å². The lowest BCUT2D eigenvalue weighted by Gasteiger charge is -2.20. The fraction of sp³-hybridized carbons (Fsp3) is 0.211. The lowest BCUT2D eigenvalue weighted by atomic mass is 10.2. The van der Waals surface area contributed by atoms with Crippen LogP contribution in [0.2, 0.25) is 0 Å². The number of aromatic nitrogens is 2. The second-order valence-corrected chi connectivity index (χ2v) is 6.11. The highest BCUT2D eigenvalue weighted by Crippen LogP contribution is 2.32. The maximum absolute atomic E-state index is 13.4. The molecule has 7 heteroatoms. The van der Waals surface area contributed by atoms with Crippen LogP contribution in [0.3, 0.4) is 0 Å². The SMILES string of the molecule is COc1ccccc1N1C[C@@H](Nc2ncnc3cc(F)ccc23)CC1=O. The van der Waals surface area contributed by atoms with Crippen molar-refractivity contribution < 1.29 is 13.9 Å². The van der Waals surface area contributed by atoms with Crippen LogP contribution in [0.25, 0.3) is 10.9 Å². The predicted octanol–water partition coefficient (Wildman–Crippen LogP) is 2.99. The monoisotopic (exact) mass is 352 g/mol. The van der Waals surface area contributed by atoms with Gasteiger partial charge in [-0.25, -0.2) is 14.4 Å². The average Bonchev–Trinajstić information content (AvgIpc) is 3.01. The zero-order valence-electron chi connectivity index (χ0n) is 14.1. The molecule has 0 unspecified atom stereocenters. The summed E-state index contributed by atoms with van der Waals surface area (Å²) in [5.41, 5.74) is 1.27. The average molecular weight is 352 g/mol. The number of amides is 1. The molecule has 0 aliphatic carbocycles. The standard InChI is InChI=1S/C19H17FN4O2/c1-26-17-5-3-2-4-16(17)24-10-13(9-18(24)25)23-19-14-7-6-12(20)8-15(14)21-11-22-19/h2-8,11,13H,9-10H2,1H3,(H,21,22,23)/t13-/m0/s1. The van der Waals surface area contributed by atoms with Gasteiger partial charge in [-0.2, -0.15) is 0 Å². The molecule has 3 aromatic rings. The van der Waals surface area contributed by atoms with Crippen molar-refractivity contribution in [3.05, 3.63) is 54.6 Å². The molecule has 1 aliphatic heterocycles. The molecule has 1 amide bonds. The van der Waals surface area contributed by atoms with E-state index in [0.717, 1.165) is 11.1 Å². The van der Waals surface area contributed by atoms with E-state index in [4.69, 9.17) is 4.74 Å². The number of hydrogen-bond donors (Lipinski definition) is 1. The van der Waals surface area contributed by atoms with Crippen molar-refractivity contribution in [2.75, 3.05) is 23.9 Å². The third-order valence-electron chi connectivity index (χ3n) is 4.44. The first kappa shape index (κ1) is 16.3. The Balaban J connectivity index is 1.59. The summed E-state index contributed by atoms with van der Waals surface area (Å²) in [6, 6.07) is 11.7. The third kappa shape index (κ3) is 2.92. The summed E-state index contributed by atoms with van der Waals surface area (Å²) in [5, 5.41) is 4.01. The van der Waals surface area contributed by atoms with E-state index in [0.29, 0.717) is 30.0 Å². The van der Waals surface area contributed by atoms with Crippen molar-refractivity contribution in [3.8, 4) is 5.75 Å². The van der Waals surface area contributed by atoms with E-state index < -0.39 is 0 Å². The fourth-order valence-corrected chi connectivity index (χ4v) is 3.23. The summed E-state index contributed by atoms with van der Waals surface area (Å²) >= 11 is 0. The minimum Gasteiger partial charge on any atom is -0.495 e. The molecule has 26 heavy (non-hydrogen) atoms. The number of benzene rings is 2. The van der Waals surface area contributed by atoms with Crippen molar-refractivity contribution in [1.82, 2.24) is 9.97 Å². The van der Waals surface area contributed by atoms with Crippen LogP contribution >= 0.6 is 0 Å². The van der Waals surface area contributed by atoms with Crippen LogP contribution < -0.4 is 15.0 Å². The summed E-state index contributed by atoms with van der Waals surface area (Å²) in [5.74, 6) is 0.913. The molecule has 0 radical (unpaired) electrons. The Bertz CT molecular complexity index is 979. The Morgan fingerprint density at radius 3 is 2.92 bits per heavy atom. The van der Waals surface area contributed by atoms with E-state index >= 15 is 0 Å². The van der Waals surface area contributed by atoms with Gasteiger partial charge in [-0.3, -0.25) is 4.79 Å². The Labute approximate surface area is 149 Å². The number of carbonyl (C=O) groups excluding carboxylic acids is 1. The molecule has 0 saturated carbocycles. The summed E-state index contributed by atoms with van der Waals surface area (Å²) in [6.45, 7) is 0.492. The first-order chi connectivity index (χ1) is 12.7. The van der Waals surface area contributed by atoms with Gasteiger partial charge in [0.05, 0.1) is 24.4 Å². The van der Waals surface area contributed by atoms with Gasteiger partial charge in [-0.15, -0.1) is 0 Å². The molecule has 1 aromatic heterocycles. The van der Waals surface area contributed by atoms with Crippen LogP contribution in [-0.4, -0.2) is 35.6 Å². The number of anilines is 2. The Hall–Kier alpha value is -3.22. The van der Waals surface area contributed by atoms with Gasteiger partial charge in [0, 0.05) is 24.4 Å². The van der Waals surface area contributed by atoms with Crippen molar-refractivity contribution in [3.63, 3.8) is 0 Å². The van der Waals surface area contributed by atoms with Crippen LogP contribution in [0.1, 0.15) is 6.42 Å². The van der Waals surface area contributed by atoms with Gasteiger partial charge in [-0.1, -0.05) is 12.1 Å². The van der Waals surface area contributed by atoms with Gasteiger partial charge in [0.2, 0.25) is 5.91 Å². The molecular formula is C19H17FN4O2. The number of ether oxygens (including phenoxy) is 1. The molecule has 1 aliphatic rings. The first-order valence-electron chi connectivity index (χ1n) is 8.26. The number of halogens is 1. The lowest BCUT2D eigenvalue weighted by molar-refractivity contribution is -0.117. The predicted molar refractivity (Wildman–Crippen MR) is 96.9 cm³/mol. The van der Waals surface area contributed by atoms with Crippen LogP contribution in [-0.2, 0) is 4.79 Å². The minimum atomic E-state index is -0.347. The molecule has 1 atom stereocenters. The quantitative estimate of drug-likeness (QED) is 0.782. The van der Waals surface area contributed by atoms with Gasteiger partial charge in [0.1, 0.15) is 23.7 Å². The lowest BCUT2D eigenvalue weighted by Crippen LogP contribution is -2.28. The van der Waals surface area contributed by atoms with Crippen molar-refractivity contribution >= 4 is 28.3 Å². The third-order valence-corrected chi connectivity index (χ3v) is 4.44. The number of rotatable bonds is 4. The number of fused-ring (bicyclic) bond motifs is 1. The second kappa shape index (κ2) is 6.59. The smallest absolute Gasteiger partial charge is 0.229 e. The Morgan fingerprint density at radius 1 is 1.23 bits per heavy atom. The van der Waals surface area contributed by atoms with Gasteiger partial charge in [0.15, 0.2) is 0 Å². The number of para-hydroxylation sites is 2. The van der Waals surface area contributed by atoms with Crippen LogP contribution in [0, 0.1) is 5.82 Å². The summed E-state index contributed by atoms with van der Waals surface area (Å²) in [6.07, 6.45) is 1.73. The molecule has 1 saturated heterocycles. The molecule has 1 fully saturated rings. The van der Waals surface area contributed by atoms with Crippen LogP contribution in [0.5, 0.6) is 5.75 Å². The highest BCUT2D eigenvalue weighted by atomic mass is 19.1. The van der Waals surface area contributed by atoms with E-state index in [2.05, 4.69) is 15.3 Å². The second-order valence-electron chi connectivity index (χ2n) is 6.11. The normalized spacial score (nSPS) is 16.9.